The SMILES string of the molecule is CC(C)(C)OC(=O)N[C@@H]1CCN([C@@H](CN)c2ccc(F)cc2)C1. The van der Waals surface area contributed by atoms with E-state index in [1.807, 2.05) is 20.8 Å². The number of likely N-dealkylation sites (tertiary alicyclic amines) is 1. The highest BCUT2D eigenvalue weighted by molar-refractivity contribution is 5.68. The first-order valence-electron chi connectivity index (χ1n) is 7.97. The first-order valence-corrected chi connectivity index (χ1v) is 7.97. The molecule has 1 aromatic carbocycles. The largest absolute Gasteiger partial charge is 0.444 e. The van der Waals surface area contributed by atoms with Gasteiger partial charge in [-0.15, -0.1) is 0 Å². The number of nitrogens with zero attached hydrogens (tertiary/aromatic N) is 1. The molecule has 1 aliphatic heterocycles. The number of benzene rings is 1. The summed E-state index contributed by atoms with van der Waals surface area (Å²) in [5, 5.41) is 2.90. The van der Waals surface area contributed by atoms with Gasteiger partial charge >= 0.3 is 6.09 Å². The van der Waals surface area contributed by atoms with Crippen LogP contribution in [0.1, 0.15) is 38.8 Å². The van der Waals surface area contributed by atoms with Gasteiger partial charge in [0.05, 0.1) is 0 Å². The third-order valence-corrected chi connectivity index (χ3v) is 3.86. The van der Waals surface area contributed by atoms with E-state index in [0.717, 1.165) is 18.5 Å². The van der Waals surface area contributed by atoms with E-state index in [0.29, 0.717) is 13.1 Å². The van der Waals surface area contributed by atoms with Gasteiger partial charge in [-0.2, -0.15) is 0 Å². The predicted octanol–water partition coefficient (Wildman–Crippen LogP) is 2.42. The topological polar surface area (TPSA) is 67.6 Å². The summed E-state index contributed by atoms with van der Waals surface area (Å²) in [6.07, 6.45) is 0.451. The number of amides is 1. The van der Waals surface area contributed by atoms with Crippen molar-refractivity contribution in [1.82, 2.24) is 10.2 Å². The molecule has 0 spiro atoms. The normalized spacial score (nSPS) is 20.3. The summed E-state index contributed by atoms with van der Waals surface area (Å²) in [7, 11) is 0. The third kappa shape index (κ3) is 5.18. The maximum Gasteiger partial charge on any atom is 0.407 e. The Labute approximate surface area is 137 Å². The molecule has 0 bridgehead atoms. The lowest BCUT2D eigenvalue weighted by Crippen LogP contribution is -2.41. The number of halogens is 1. The Morgan fingerprint density at radius 2 is 2.09 bits per heavy atom. The molecule has 2 rings (SSSR count). The first kappa shape index (κ1) is 17.7. The smallest absolute Gasteiger partial charge is 0.407 e. The Hall–Kier alpha value is -1.66. The van der Waals surface area contributed by atoms with Crippen molar-refractivity contribution < 1.29 is 13.9 Å². The average molecular weight is 323 g/mol. The summed E-state index contributed by atoms with van der Waals surface area (Å²) in [5.74, 6) is -0.254. The highest BCUT2D eigenvalue weighted by atomic mass is 19.1. The molecule has 0 radical (unpaired) electrons. The maximum absolute atomic E-state index is 13.1. The van der Waals surface area contributed by atoms with Crippen molar-refractivity contribution in [2.75, 3.05) is 19.6 Å². The zero-order chi connectivity index (χ0) is 17.0. The summed E-state index contributed by atoms with van der Waals surface area (Å²) >= 11 is 0. The van der Waals surface area contributed by atoms with Crippen molar-refractivity contribution in [2.45, 2.75) is 44.9 Å². The number of hydrogen-bond donors (Lipinski definition) is 2. The molecule has 0 aliphatic carbocycles. The average Bonchev–Trinajstić information content (AvgIpc) is 2.87. The molecule has 1 aromatic rings. The summed E-state index contributed by atoms with van der Waals surface area (Å²) in [4.78, 5) is 14.1. The van der Waals surface area contributed by atoms with Crippen LogP contribution in [0, 0.1) is 5.82 Å². The van der Waals surface area contributed by atoms with Gasteiger partial charge in [0.25, 0.3) is 0 Å². The highest BCUT2D eigenvalue weighted by Gasteiger charge is 2.30. The fraction of sp³-hybridized carbons (Fsp3) is 0.588. The second-order valence-electron chi connectivity index (χ2n) is 6.93. The summed E-state index contributed by atoms with van der Waals surface area (Å²) in [5.41, 5.74) is 6.39. The molecule has 1 amide bonds. The fourth-order valence-electron chi connectivity index (χ4n) is 2.84. The lowest BCUT2D eigenvalue weighted by Gasteiger charge is -2.27. The Balaban J connectivity index is 1.93. The standard InChI is InChI=1S/C17H26FN3O2/c1-17(2,3)23-16(22)20-14-8-9-21(11-14)15(10-19)12-4-6-13(18)7-5-12/h4-7,14-15H,8-11,19H2,1-3H3,(H,20,22)/t14-,15+/m1/s1. The Bertz CT molecular complexity index is 528. The first-order chi connectivity index (χ1) is 10.8. The molecule has 1 saturated heterocycles. The van der Waals surface area contributed by atoms with E-state index < -0.39 is 11.7 Å². The van der Waals surface area contributed by atoms with E-state index in [4.69, 9.17) is 10.5 Å². The van der Waals surface area contributed by atoms with Gasteiger partial charge in [-0.25, -0.2) is 9.18 Å². The van der Waals surface area contributed by atoms with Gasteiger partial charge in [-0.3, -0.25) is 4.90 Å². The molecule has 2 atom stereocenters. The predicted molar refractivity (Wildman–Crippen MR) is 87.5 cm³/mol. The molecule has 0 saturated carbocycles. The van der Waals surface area contributed by atoms with Crippen molar-refractivity contribution in [3.05, 3.63) is 35.6 Å². The van der Waals surface area contributed by atoms with Gasteiger partial charge in [0.1, 0.15) is 11.4 Å². The van der Waals surface area contributed by atoms with Crippen molar-refractivity contribution in [3.8, 4) is 0 Å². The summed E-state index contributed by atoms with van der Waals surface area (Å²) in [6, 6.07) is 6.50. The molecule has 0 unspecified atom stereocenters. The van der Waals surface area contributed by atoms with Crippen LogP contribution in [0.25, 0.3) is 0 Å². The second-order valence-corrected chi connectivity index (χ2v) is 6.93. The van der Waals surface area contributed by atoms with Crippen LogP contribution in [0.5, 0.6) is 0 Å². The van der Waals surface area contributed by atoms with Gasteiger partial charge in [0.15, 0.2) is 0 Å². The Morgan fingerprint density at radius 1 is 1.43 bits per heavy atom. The van der Waals surface area contributed by atoms with E-state index in [9.17, 15) is 9.18 Å². The van der Waals surface area contributed by atoms with E-state index >= 15 is 0 Å². The van der Waals surface area contributed by atoms with Crippen LogP contribution in [0.4, 0.5) is 9.18 Å². The maximum atomic E-state index is 13.1. The molecule has 1 heterocycles. The molecule has 6 heteroatoms. The number of hydrogen-bond acceptors (Lipinski definition) is 4. The molecule has 0 aromatic heterocycles. The highest BCUT2D eigenvalue weighted by Crippen LogP contribution is 2.24. The van der Waals surface area contributed by atoms with Gasteiger partial charge in [0.2, 0.25) is 0 Å². The number of nitrogens with one attached hydrogen (secondary N) is 1. The zero-order valence-corrected chi connectivity index (χ0v) is 14.0. The molecular formula is C17H26FN3O2. The van der Waals surface area contributed by atoms with Crippen LogP contribution in [0.15, 0.2) is 24.3 Å². The Kier molecular flexibility index (Phi) is 5.59. The van der Waals surface area contributed by atoms with Crippen molar-refractivity contribution in [1.29, 1.82) is 0 Å². The second kappa shape index (κ2) is 7.27. The molecular weight excluding hydrogens is 297 g/mol. The molecule has 128 valence electrons. The van der Waals surface area contributed by atoms with E-state index in [1.165, 1.54) is 12.1 Å². The van der Waals surface area contributed by atoms with E-state index in [-0.39, 0.29) is 17.9 Å². The number of carbonyl (C=O) groups excluding carboxylic acids is 1. The van der Waals surface area contributed by atoms with Crippen LogP contribution in [0.3, 0.4) is 0 Å². The van der Waals surface area contributed by atoms with Gasteiger partial charge in [-0.05, 0) is 44.9 Å². The van der Waals surface area contributed by atoms with E-state index in [1.54, 1.807) is 12.1 Å². The van der Waals surface area contributed by atoms with Gasteiger partial charge < -0.3 is 15.8 Å². The minimum Gasteiger partial charge on any atom is -0.444 e. The van der Waals surface area contributed by atoms with Crippen LogP contribution < -0.4 is 11.1 Å². The molecule has 1 aliphatic rings. The molecule has 1 fully saturated rings. The molecule has 5 nitrogen and oxygen atoms in total. The number of ether oxygens (including phenoxy) is 1. The van der Waals surface area contributed by atoms with Crippen molar-refractivity contribution in [2.24, 2.45) is 5.73 Å². The number of carbonyl (C=O) groups is 1. The van der Waals surface area contributed by atoms with Crippen LogP contribution in [0.2, 0.25) is 0 Å². The van der Waals surface area contributed by atoms with Crippen molar-refractivity contribution in [3.63, 3.8) is 0 Å². The minimum atomic E-state index is -0.504. The van der Waals surface area contributed by atoms with Gasteiger partial charge in [-0.1, -0.05) is 12.1 Å². The van der Waals surface area contributed by atoms with Gasteiger partial charge in [0, 0.05) is 31.7 Å². The Morgan fingerprint density at radius 3 is 2.65 bits per heavy atom. The van der Waals surface area contributed by atoms with E-state index in [2.05, 4.69) is 10.2 Å². The van der Waals surface area contributed by atoms with Crippen LogP contribution in [-0.2, 0) is 4.74 Å². The summed E-state index contributed by atoms with van der Waals surface area (Å²) in [6.45, 7) is 7.51. The lowest BCUT2D eigenvalue weighted by atomic mass is 10.1. The minimum absolute atomic E-state index is 0.0287. The number of nitrogens with two attached hydrogens (primary N) is 1. The van der Waals surface area contributed by atoms with Crippen LogP contribution in [-0.4, -0.2) is 42.3 Å². The zero-order valence-electron chi connectivity index (χ0n) is 14.0. The fourth-order valence-corrected chi connectivity index (χ4v) is 2.84. The quantitative estimate of drug-likeness (QED) is 0.893. The molecule has 3 N–H and O–H groups in total. The van der Waals surface area contributed by atoms with Crippen LogP contribution >= 0.6 is 0 Å². The molecule has 23 heavy (non-hydrogen) atoms. The van der Waals surface area contributed by atoms with Crippen molar-refractivity contribution >= 4 is 6.09 Å². The monoisotopic (exact) mass is 323 g/mol. The lowest BCUT2D eigenvalue weighted by molar-refractivity contribution is 0.0504. The number of rotatable bonds is 4. The number of alkyl carbamates (subject to hydrolysis) is 1. The third-order valence-electron chi connectivity index (χ3n) is 3.86. The summed E-state index contributed by atoms with van der Waals surface area (Å²) < 4.78 is 18.4.